The van der Waals surface area contributed by atoms with Crippen LogP contribution in [0, 0.1) is 6.92 Å². The second kappa shape index (κ2) is 8.05. The lowest BCUT2D eigenvalue weighted by molar-refractivity contribution is -0.139. The maximum atomic E-state index is 12.6. The fraction of sp³-hybridized carbons (Fsp3) is 0.278. The molecule has 8 heteroatoms. The van der Waals surface area contributed by atoms with E-state index in [4.69, 9.17) is 21.4 Å². The van der Waals surface area contributed by atoms with Crippen LogP contribution in [0.5, 0.6) is 5.75 Å². The van der Waals surface area contributed by atoms with Crippen LogP contribution in [-0.2, 0) is 11.2 Å². The van der Waals surface area contributed by atoms with Crippen LogP contribution in [0.25, 0.3) is 0 Å². The Kier molecular flexibility index (Phi) is 6.05. The number of amides is 1. The van der Waals surface area contributed by atoms with Crippen molar-refractivity contribution < 1.29 is 24.2 Å². The van der Waals surface area contributed by atoms with Crippen LogP contribution in [0.15, 0.2) is 18.2 Å². The Morgan fingerprint density at radius 2 is 2.00 bits per heavy atom. The molecule has 1 heterocycles. The first-order valence-corrected chi connectivity index (χ1v) is 8.30. The highest BCUT2D eigenvalue weighted by Crippen LogP contribution is 2.28. The molecule has 0 spiro atoms. The number of rotatable bonds is 7. The summed E-state index contributed by atoms with van der Waals surface area (Å²) in [6.45, 7) is 4.57. The lowest BCUT2D eigenvalue weighted by Crippen LogP contribution is -2.15. The van der Waals surface area contributed by atoms with E-state index in [1.165, 1.54) is 19.1 Å². The highest BCUT2D eigenvalue weighted by atomic mass is 35.5. The first-order valence-electron chi connectivity index (χ1n) is 7.92. The molecule has 0 saturated heterocycles. The van der Waals surface area contributed by atoms with Crippen molar-refractivity contribution in [2.24, 2.45) is 0 Å². The van der Waals surface area contributed by atoms with Crippen LogP contribution < -0.4 is 10.1 Å². The maximum absolute atomic E-state index is 12.6. The number of nitrogens with one attached hydrogen (secondary N) is 2. The summed E-state index contributed by atoms with van der Waals surface area (Å²) < 4.78 is 5.04. The largest absolute Gasteiger partial charge is 0.480 e. The van der Waals surface area contributed by atoms with Gasteiger partial charge in [0, 0.05) is 16.9 Å². The monoisotopic (exact) mass is 378 g/mol. The van der Waals surface area contributed by atoms with Gasteiger partial charge in [0.25, 0.3) is 5.91 Å². The zero-order valence-electron chi connectivity index (χ0n) is 14.6. The smallest absolute Gasteiger partial charge is 0.341 e. The SMILES string of the molecule is CCc1c(C(=O)Nc2ccc(OCC(=O)O)c(Cl)c2)[nH]c(C)c1C(C)=O. The van der Waals surface area contributed by atoms with Crippen molar-refractivity contribution in [3.63, 3.8) is 0 Å². The van der Waals surface area contributed by atoms with Crippen molar-refractivity contribution in [3.05, 3.63) is 45.7 Å². The average molecular weight is 379 g/mol. The molecule has 26 heavy (non-hydrogen) atoms. The summed E-state index contributed by atoms with van der Waals surface area (Å²) in [5, 5.41) is 11.5. The van der Waals surface area contributed by atoms with Gasteiger partial charge in [0.1, 0.15) is 11.4 Å². The summed E-state index contributed by atoms with van der Waals surface area (Å²) in [5.41, 5.74) is 2.60. The van der Waals surface area contributed by atoms with Crippen molar-refractivity contribution in [1.82, 2.24) is 4.98 Å². The topological polar surface area (TPSA) is 108 Å². The molecule has 0 bridgehead atoms. The molecule has 1 aromatic carbocycles. The van der Waals surface area contributed by atoms with Gasteiger partial charge in [0.15, 0.2) is 12.4 Å². The van der Waals surface area contributed by atoms with Crippen molar-refractivity contribution in [2.75, 3.05) is 11.9 Å². The number of H-pyrrole nitrogens is 1. The highest BCUT2D eigenvalue weighted by Gasteiger charge is 2.21. The van der Waals surface area contributed by atoms with Crippen molar-refractivity contribution in [1.29, 1.82) is 0 Å². The molecule has 0 radical (unpaired) electrons. The van der Waals surface area contributed by atoms with Crippen molar-refractivity contribution in [3.8, 4) is 5.75 Å². The van der Waals surface area contributed by atoms with Crippen molar-refractivity contribution in [2.45, 2.75) is 27.2 Å². The number of carboxylic acids is 1. The predicted octanol–water partition coefficient (Wildman–Crippen LogP) is 3.46. The molecule has 0 fully saturated rings. The molecule has 0 aliphatic carbocycles. The molecule has 0 unspecified atom stereocenters. The lowest BCUT2D eigenvalue weighted by atomic mass is 10.0. The van der Waals surface area contributed by atoms with E-state index in [9.17, 15) is 14.4 Å². The molecule has 0 saturated carbocycles. The third kappa shape index (κ3) is 4.23. The molecule has 0 aliphatic rings. The Morgan fingerprint density at radius 3 is 2.54 bits per heavy atom. The fourth-order valence-corrected chi connectivity index (χ4v) is 2.96. The second-order valence-corrected chi connectivity index (χ2v) is 6.08. The van der Waals surface area contributed by atoms with E-state index >= 15 is 0 Å². The molecule has 2 aromatic rings. The summed E-state index contributed by atoms with van der Waals surface area (Å²) in [7, 11) is 0. The summed E-state index contributed by atoms with van der Waals surface area (Å²) >= 11 is 6.05. The number of benzene rings is 1. The number of Topliss-reactive ketones (excluding diaryl/α,β-unsaturated/α-hetero) is 1. The number of hydrogen-bond acceptors (Lipinski definition) is 4. The lowest BCUT2D eigenvalue weighted by Gasteiger charge is -2.09. The second-order valence-electron chi connectivity index (χ2n) is 5.67. The molecule has 7 nitrogen and oxygen atoms in total. The van der Waals surface area contributed by atoms with Crippen molar-refractivity contribution >= 4 is 34.9 Å². The first kappa shape index (κ1) is 19.5. The normalized spacial score (nSPS) is 10.5. The van der Waals surface area contributed by atoms with Gasteiger partial charge >= 0.3 is 5.97 Å². The third-order valence-electron chi connectivity index (χ3n) is 3.76. The van der Waals surface area contributed by atoms with Crippen LogP contribution in [-0.4, -0.2) is 34.4 Å². The van der Waals surface area contributed by atoms with Crippen LogP contribution in [0.3, 0.4) is 0 Å². The summed E-state index contributed by atoms with van der Waals surface area (Å²) in [6, 6.07) is 4.49. The number of aryl methyl sites for hydroxylation is 1. The molecule has 1 aromatic heterocycles. The summed E-state index contributed by atoms with van der Waals surface area (Å²) in [4.78, 5) is 37.9. The Labute approximate surface area is 155 Å². The minimum absolute atomic E-state index is 0.0994. The van der Waals surface area contributed by atoms with Gasteiger partial charge in [-0.15, -0.1) is 0 Å². The van der Waals surface area contributed by atoms with Gasteiger partial charge in [-0.3, -0.25) is 9.59 Å². The van der Waals surface area contributed by atoms with Crippen LogP contribution >= 0.6 is 11.6 Å². The zero-order valence-corrected chi connectivity index (χ0v) is 15.4. The Hall–Kier alpha value is -2.80. The molecular formula is C18H19ClN2O5. The number of halogens is 1. The number of aromatic amines is 1. The fourth-order valence-electron chi connectivity index (χ4n) is 2.73. The predicted molar refractivity (Wildman–Crippen MR) is 97.4 cm³/mol. The van der Waals surface area contributed by atoms with Crippen LogP contribution in [0.2, 0.25) is 5.02 Å². The molecule has 0 atom stereocenters. The zero-order chi connectivity index (χ0) is 19.4. The minimum atomic E-state index is -1.12. The van der Waals surface area contributed by atoms with Gasteiger partial charge in [-0.2, -0.15) is 0 Å². The van der Waals surface area contributed by atoms with Crippen LogP contribution in [0.1, 0.15) is 46.0 Å². The maximum Gasteiger partial charge on any atom is 0.341 e. The number of aromatic nitrogens is 1. The Balaban J connectivity index is 2.23. The quantitative estimate of drug-likeness (QED) is 0.639. The molecular weight excluding hydrogens is 360 g/mol. The van der Waals surface area contributed by atoms with E-state index in [-0.39, 0.29) is 16.6 Å². The Bertz CT molecular complexity index is 873. The summed E-state index contributed by atoms with van der Waals surface area (Å²) in [6.07, 6.45) is 0.532. The average Bonchev–Trinajstić information content (AvgIpc) is 2.90. The van der Waals surface area contributed by atoms with E-state index < -0.39 is 18.5 Å². The number of hydrogen-bond donors (Lipinski definition) is 3. The van der Waals surface area contributed by atoms with Gasteiger partial charge in [-0.05, 0) is 44.0 Å². The molecule has 0 aliphatic heterocycles. The number of carbonyl (C=O) groups excluding carboxylic acids is 2. The molecule has 138 valence electrons. The van der Waals surface area contributed by atoms with E-state index in [0.717, 1.165) is 0 Å². The van der Waals surface area contributed by atoms with Gasteiger partial charge in [0.2, 0.25) is 0 Å². The van der Waals surface area contributed by atoms with Gasteiger partial charge in [-0.25, -0.2) is 4.79 Å². The number of aliphatic carboxylic acids is 1. The van der Waals surface area contributed by atoms with Crippen LogP contribution in [0.4, 0.5) is 5.69 Å². The van der Waals surface area contributed by atoms with Gasteiger partial charge in [0.05, 0.1) is 5.02 Å². The minimum Gasteiger partial charge on any atom is -0.480 e. The molecule has 1 amide bonds. The van der Waals surface area contributed by atoms with E-state index in [1.54, 1.807) is 13.0 Å². The van der Waals surface area contributed by atoms with E-state index in [2.05, 4.69) is 10.3 Å². The molecule has 3 N–H and O–H groups in total. The number of ketones is 1. The number of carbonyl (C=O) groups is 3. The third-order valence-corrected chi connectivity index (χ3v) is 4.06. The van der Waals surface area contributed by atoms with E-state index in [1.807, 2.05) is 6.92 Å². The van der Waals surface area contributed by atoms with E-state index in [0.29, 0.717) is 34.6 Å². The van der Waals surface area contributed by atoms with Gasteiger partial charge < -0.3 is 20.1 Å². The summed E-state index contributed by atoms with van der Waals surface area (Å²) in [5.74, 6) is -1.41. The number of anilines is 1. The number of carboxylic acid groups (broad SMARTS) is 1. The number of ether oxygens (including phenoxy) is 1. The first-order chi connectivity index (χ1) is 12.2. The highest BCUT2D eigenvalue weighted by molar-refractivity contribution is 6.32. The molecule has 2 rings (SSSR count). The Morgan fingerprint density at radius 1 is 1.31 bits per heavy atom. The standard InChI is InChI=1S/C18H19ClN2O5/c1-4-12-16(10(3)22)9(2)20-17(12)18(25)21-11-5-6-14(13(19)7-11)26-8-15(23)24/h5-7,20H,4,8H2,1-3H3,(H,21,25)(H,23,24). The van der Waals surface area contributed by atoms with Gasteiger partial charge in [-0.1, -0.05) is 18.5 Å².